The number of Topliss-reactive ketones (excluding diaryl/α,β-unsaturated/α-hetero) is 5. The van der Waals surface area contributed by atoms with Crippen molar-refractivity contribution in [2.45, 2.75) is 135 Å². The molecule has 0 unspecified atom stereocenters. The van der Waals surface area contributed by atoms with Gasteiger partial charge in [0, 0.05) is 68.2 Å². The van der Waals surface area contributed by atoms with Gasteiger partial charge in [0.25, 0.3) is 0 Å². The van der Waals surface area contributed by atoms with Crippen LogP contribution in [0.2, 0.25) is 0 Å². The molecule has 0 saturated heterocycles. The molecule has 4 aromatic rings. The average molecular weight is 1120 g/mol. The van der Waals surface area contributed by atoms with Gasteiger partial charge in [-0.2, -0.15) is 0 Å². The third-order valence-corrected chi connectivity index (χ3v) is 14.2. The van der Waals surface area contributed by atoms with E-state index in [0.29, 0.717) is 16.8 Å². The zero-order valence-electron chi connectivity index (χ0n) is 46.7. The number of nitrogens with one attached hydrogen (secondary N) is 5. The van der Waals surface area contributed by atoms with Crippen LogP contribution in [0.25, 0.3) is 0 Å². The van der Waals surface area contributed by atoms with Crippen molar-refractivity contribution in [1.82, 2.24) is 31.2 Å². The molecule has 438 valence electrons. The molecule has 0 spiro atoms. The third-order valence-electron chi connectivity index (χ3n) is 14.2. The number of benzene rings is 3. The number of nitrogens with two attached hydrogens (primary N) is 1. The number of amides is 4. The molecule has 9 atom stereocenters. The Morgan fingerprint density at radius 1 is 0.556 bits per heavy atom. The number of aliphatic hydroxyl groups excluding tert-OH is 2. The van der Waals surface area contributed by atoms with Crippen LogP contribution in [0.3, 0.4) is 0 Å². The average Bonchev–Trinajstić information content (AvgIpc) is 3.95. The number of carbonyl (C=O) groups excluding carboxylic acids is 9. The van der Waals surface area contributed by atoms with Crippen LogP contribution in [0, 0.1) is 35.5 Å². The maximum atomic E-state index is 14.6. The van der Waals surface area contributed by atoms with E-state index in [1.807, 2.05) is 32.0 Å². The summed E-state index contributed by atoms with van der Waals surface area (Å²) < 4.78 is 0. The molecule has 0 bridgehead atoms. The number of hydrogen-bond donors (Lipinski definition) is 10. The molecule has 0 saturated carbocycles. The van der Waals surface area contributed by atoms with Crippen molar-refractivity contribution in [3.05, 3.63) is 120 Å². The van der Waals surface area contributed by atoms with Gasteiger partial charge in [-0.3, -0.25) is 47.9 Å². The van der Waals surface area contributed by atoms with E-state index < -0.39 is 140 Å². The lowest BCUT2D eigenvalue weighted by atomic mass is 9.84. The fourth-order valence-electron chi connectivity index (χ4n) is 9.47. The fraction of sp³-hybridized carbons (Fsp3) is 0.483. The first kappa shape index (κ1) is 65.8. The van der Waals surface area contributed by atoms with Crippen molar-refractivity contribution in [1.29, 1.82) is 0 Å². The number of aromatic amines is 1. The number of ketones is 5. The molecule has 4 amide bonds. The van der Waals surface area contributed by atoms with E-state index in [4.69, 9.17) is 10.8 Å². The van der Waals surface area contributed by atoms with Gasteiger partial charge in [0.2, 0.25) is 23.6 Å². The maximum Gasteiger partial charge on any atom is 0.303 e. The first-order valence-corrected chi connectivity index (χ1v) is 27.3. The number of carboxylic acids is 1. The third kappa shape index (κ3) is 22.4. The Bertz CT molecular complexity index is 2720. The van der Waals surface area contributed by atoms with Crippen molar-refractivity contribution in [3.8, 4) is 5.75 Å². The minimum Gasteiger partial charge on any atom is -0.508 e. The first-order chi connectivity index (χ1) is 38.5. The zero-order valence-corrected chi connectivity index (χ0v) is 46.7. The Morgan fingerprint density at radius 3 is 1.51 bits per heavy atom. The Morgan fingerprint density at radius 2 is 1.01 bits per heavy atom. The Balaban J connectivity index is 1.54. The molecule has 0 aliphatic carbocycles. The van der Waals surface area contributed by atoms with Crippen LogP contribution >= 0.6 is 0 Å². The Kier molecular flexibility index (Phi) is 26.9. The van der Waals surface area contributed by atoms with Crippen LogP contribution in [-0.4, -0.2) is 132 Å². The number of aromatic nitrogens is 2. The molecule has 1 aromatic heterocycles. The summed E-state index contributed by atoms with van der Waals surface area (Å²) in [4.78, 5) is 143. The van der Waals surface area contributed by atoms with Crippen molar-refractivity contribution in [2.75, 3.05) is 13.2 Å². The standard InChI is InChI=1S/C60H79N7O14/c1-35(2)22-41(26-52(72)48(25-40-16-18-45(71)19-17-40)66-60(81)47(61)20-21-56(76)77)57(78)67-51(33-69)54(74)28-43(32-68)59(80)65-50(29-44-31-62-34-63-44)53(73)27-42(23-38-12-8-6-9-13-38)58(79)64-49(24-39-14-10-7-11-15-39)55(75)30-46(36(3)4)37(5)70/h6-19,31,34-36,41-43,46-51,68-69,71H,20-30,32-33,61H2,1-5H3,(H,62,63)(H,64,79)(H,65,80)(H,66,81)(H,67,78)(H,76,77)/t41-,42-,43+,46+,47+,48+,49+,50+,51+/m1/s1. The van der Waals surface area contributed by atoms with E-state index in [-0.39, 0.29) is 74.1 Å². The second kappa shape index (κ2) is 33.1. The van der Waals surface area contributed by atoms with Crippen LogP contribution in [0.5, 0.6) is 5.75 Å². The summed E-state index contributed by atoms with van der Waals surface area (Å²) in [7, 11) is 0. The molecule has 3 aromatic carbocycles. The van der Waals surface area contributed by atoms with E-state index in [0.717, 1.165) is 5.56 Å². The van der Waals surface area contributed by atoms with E-state index in [1.165, 1.54) is 43.7 Å². The second-order valence-corrected chi connectivity index (χ2v) is 21.5. The molecule has 0 fully saturated rings. The number of phenolic OH excluding ortho intramolecular Hbond substituents is 1. The number of imidazole rings is 1. The summed E-state index contributed by atoms with van der Waals surface area (Å²) in [6, 6.07) is 17.2. The van der Waals surface area contributed by atoms with Gasteiger partial charge in [-0.15, -0.1) is 0 Å². The summed E-state index contributed by atoms with van der Waals surface area (Å²) >= 11 is 0. The first-order valence-electron chi connectivity index (χ1n) is 27.3. The van der Waals surface area contributed by atoms with Crippen LogP contribution in [0.4, 0.5) is 0 Å². The number of phenols is 1. The molecule has 0 aliphatic heterocycles. The normalized spacial score (nSPS) is 14.7. The van der Waals surface area contributed by atoms with E-state index in [1.54, 1.807) is 56.3 Å². The molecule has 21 heteroatoms. The molecule has 0 aliphatic rings. The number of nitrogens with zero attached hydrogens (tertiary/aromatic N) is 1. The smallest absolute Gasteiger partial charge is 0.303 e. The number of carboxylic acid groups (broad SMARTS) is 1. The predicted molar refractivity (Wildman–Crippen MR) is 299 cm³/mol. The lowest BCUT2D eigenvalue weighted by molar-refractivity contribution is -0.137. The summed E-state index contributed by atoms with van der Waals surface area (Å²) in [5, 5.41) is 50.5. The molecule has 21 nitrogen and oxygen atoms in total. The van der Waals surface area contributed by atoms with Crippen molar-refractivity contribution < 1.29 is 68.4 Å². The minimum atomic E-state index is -1.63. The number of H-pyrrole nitrogens is 1. The van der Waals surface area contributed by atoms with E-state index in [9.17, 15) is 63.3 Å². The second-order valence-electron chi connectivity index (χ2n) is 21.5. The monoisotopic (exact) mass is 1120 g/mol. The highest BCUT2D eigenvalue weighted by Crippen LogP contribution is 2.23. The molecule has 4 rings (SSSR count). The van der Waals surface area contributed by atoms with Gasteiger partial charge >= 0.3 is 5.97 Å². The van der Waals surface area contributed by atoms with Crippen LogP contribution in [0.15, 0.2) is 97.5 Å². The van der Waals surface area contributed by atoms with Crippen molar-refractivity contribution in [3.63, 3.8) is 0 Å². The van der Waals surface area contributed by atoms with Crippen molar-refractivity contribution in [2.24, 2.45) is 41.2 Å². The van der Waals surface area contributed by atoms with Gasteiger partial charge in [0.1, 0.15) is 17.6 Å². The number of hydrogen-bond acceptors (Lipinski definition) is 15. The van der Waals surface area contributed by atoms with Gasteiger partial charge in [0.15, 0.2) is 23.1 Å². The number of aliphatic carboxylic acids is 1. The van der Waals surface area contributed by atoms with Crippen LogP contribution < -0.4 is 27.0 Å². The molecule has 1 heterocycles. The quantitative estimate of drug-likeness (QED) is 0.0310. The molecular weight excluding hydrogens is 1040 g/mol. The molecule has 11 N–H and O–H groups in total. The summed E-state index contributed by atoms with van der Waals surface area (Å²) in [5.74, 6) is -11.7. The zero-order chi connectivity index (χ0) is 59.8. The highest BCUT2D eigenvalue weighted by atomic mass is 16.4. The van der Waals surface area contributed by atoms with E-state index >= 15 is 0 Å². The lowest BCUT2D eigenvalue weighted by Gasteiger charge is -2.26. The topological polar surface area (TPSA) is 354 Å². The number of aromatic hydroxyl groups is 1. The van der Waals surface area contributed by atoms with Gasteiger partial charge in [-0.25, -0.2) is 4.98 Å². The summed E-state index contributed by atoms with van der Waals surface area (Å²) in [5.41, 5.74) is 8.34. The largest absolute Gasteiger partial charge is 0.508 e. The Hall–Kier alpha value is -7.75. The number of aliphatic hydroxyl groups is 2. The van der Waals surface area contributed by atoms with Crippen LogP contribution in [-0.2, 0) is 73.6 Å². The molecule has 0 radical (unpaired) electrons. The summed E-state index contributed by atoms with van der Waals surface area (Å²) in [6.07, 6.45) is 0.430. The van der Waals surface area contributed by atoms with Crippen LogP contribution in [0.1, 0.15) is 102 Å². The van der Waals surface area contributed by atoms with Gasteiger partial charge in [-0.05, 0) is 79.7 Å². The molecular formula is C60H79N7O14. The van der Waals surface area contributed by atoms with E-state index in [2.05, 4.69) is 31.2 Å². The van der Waals surface area contributed by atoms with Gasteiger partial charge in [-0.1, -0.05) is 100 Å². The fourth-order valence-corrected chi connectivity index (χ4v) is 9.47. The highest BCUT2D eigenvalue weighted by Gasteiger charge is 2.36. The summed E-state index contributed by atoms with van der Waals surface area (Å²) in [6.45, 7) is 6.83. The van der Waals surface area contributed by atoms with Gasteiger partial charge in [0.05, 0.1) is 49.6 Å². The number of carbonyl (C=O) groups is 10. The lowest BCUT2D eigenvalue weighted by Crippen LogP contribution is -2.51. The SMILES string of the molecule is CC(=O)[C@@H](CC(=O)[C@H](Cc1ccccc1)NC(=O)[C@@H](CC(=O)[C@H](Cc1cnc[nH]1)NC(=O)[C@H](CO)CC(=O)[C@H](CO)NC(=O)[C@@H](CC(=O)[C@H](Cc1ccc(O)cc1)NC(=O)[C@@H](N)CCC(=O)O)CC(C)C)Cc1ccccc1)C(C)C. The minimum absolute atomic E-state index is 0.0491. The Labute approximate surface area is 472 Å². The molecule has 81 heavy (non-hydrogen) atoms. The predicted octanol–water partition coefficient (Wildman–Crippen LogP) is 3.09. The number of rotatable bonds is 37. The van der Waals surface area contributed by atoms with Crippen molar-refractivity contribution >= 4 is 58.5 Å². The maximum absolute atomic E-state index is 14.6. The highest BCUT2D eigenvalue weighted by molar-refractivity contribution is 5.98. The van der Waals surface area contributed by atoms with Gasteiger partial charge < -0.3 is 52.4 Å².